The highest BCUT2D eigenvalue weighted by Crippen LogP contribution is 2.10. The number of nitrogens with zero attached hydrogens (tertiary/aromatic N) is 2. The minimum absolute atomic E-state index is 0.0973. The number of hydrogen-bond donors (Lipinski definition) is 1. The molecular weight excluding hydrogens is 216 g/mol. The van der Waals surface area contributed by atoms with Crippen LogP contribution in [-0.2, 0) is 0 Å². The maximum atomic E-state index is 11.7. The monoisotopic (exact) mass is 226 g/mol. The van der Waals surface area contributed by atoms with Gasteiger partial charge in [-0.2, -0.15) is 0 Å². The van der Waals surface area contributed by atoms with E-state index >= 15 is 0 Å². The highest BCUT2D eigenvalue weighted by molar-refractivity contribution is 6.07. The molecule has 0 saturated carbocycles. The molecule has 0 saturated heterocycles. The maximum absolute atomic E-state index is 11.7. The number of rotatable bonds is 3. The average Bonchev–Trinajstić information content (AvgIpc) is 2.40. The Morgan fingerprint density at radius 3 is 2.47 bits per heavy atom. The van der Waals surface area contributed by atoms with Gasteiger partial charge in [0.05, 0.1) is 0 Å². The number of carbonyl (C=O) groups is 1. The largest absolute Gasteiger partial charge is 0.507 e. The van der Waals surface area contributed by atoms with Crippen LogP contribution in [0.25, 0.3) is 5.76 Å². The van der Waals surface area contributed by atoms with E-state index in [4.69, 9.17) is 0 Å². The van der Waals surface area contributed by atoms with Crippen LogP contribution in [0.1, 0.15) is 15.9 Å². The van der Waals surface area contributed by atoms with Gasteiger partial charge in [-0.15, -0.1) is 0 Å². The number of hydrogen-bond acceptors (Lipinski definition) is 4. The standard InChI is InChI=1S/C13H10N2O2/c16-12(10-3-6-14-7-4-10)8-13(17)11-2-1-5-15-9-11/h1-9,17H. The lowest BCUT2D eigenvalue weighted by Crippen LogP contribution is -1.96. The van der Waals surface area contributed by atoms with E-state index in [1.807, 2.05) is 0 Å². The van der Waals surface area contributed by atoms with Crippen molar-refractivity contribution in [2.24, 2.45) is 0 Å². The molecule has 0 atom stereocenters. The molecule has 1 N–H and O–H groups in total. The first kappa shape index (κ1) is 11.0. The topological polar surface area (TPSA) is 63.1 Å². The molecule has 0 aromatic carbocycles. The van der Waals surface area contributed by atoms with Gasteiger partial charge in [0.1, 0.15) is 5.76 Å². The quantitative estimate of drug-likeness (QED) is 0.495. The smallest absolute Gasteiger partial charge is 0.189 e. The molecule has 2 heterocycles. The number of allylic oxidation sites excluding steroid dienone is 1. The molecule has 17 heavy (non-hydrogen) atoms. The van der Waals surface area contributed by atoms with Crippen LogP contribution in [0.15, 0.2) is 55.1 Å². The van der Waals surface area contributed by atoms with Crippen molar-refractivity contribution in [3.8, 4) is 0 Å². The van der Waals surface area contributed by atoms with E-state index < -0.39 is 0 Å². The van der Waals surface area contributed by atoms with E-state index in [0.29, 0.717) is 11.1 Å². The van der Waals surface area contributed by atoms with Crippen molar-refractivity contribution < 1.29 is 9.90 Å². The molecule has 4 nitrogen and oxygen atoms in total. The van der Waals surface area contributed by atoms with Gasteiger partial charge >= 0.3 is 0 Å². The van der Waals surface area contributed by atoms with E-state index in [1.54, 1.807) is 30.5 Å². The van der Waals surface area contributed by atoms with Crippen molar-refractivity contribution in [1.82, 2.24) is 9.97 Å². The fourth-order valence-electron chi connectivity index (χ4n) is 1.32. The second-order valence-corrected chi connectivity index (χ2v) is 3.37. The fourth-order valence-corrected chi connectivity index (χ4v) is 1.32. The fraction of sp³-hybridized carbons (Fsp3) is 0. The molecule has 84 valence electrons. The molecule has 2 aromatic heterocycles. The SMILES string of the molecule is O=C(C=C(O)c1cccnc1)c1ccncc1. The number of aliphatic hydroxyl groups excluding tert-OH is 1. The Bertz CT molecular complexity index is 536. The average molecular weight is 226 g/mol. The Balaban J connectivity index is 2.24. The number of ketones is 1. The number of carbonyl (C=O) groups excluding carboxylic acids is 1. The molecule has 0 spiro atoms. The van der Waals surface area contributed by atoms with Crippen LogP contribution in [-0.4, -0.2) is 20.9 Å². The summed E-state index contributed by atoms with van der Waals surface area (Å²) in [4.78, 5) is 19.4. The first-order valence-corrected chi connectivity index (χ1v) is 5.03. The van der Waals surface area contributed by atoms with Crippen molar-refractivity contribution in [2.45, 2.75) is 0 Å². The summed E-state index contributed by atoms with van der Waals surface area (Å²) in [5, 5.41) is 9.74. The summed E-state index contributed by atoms with van der Waals surface area (Å²) in [5.41, 5.74) is 0.991. The minimum Gasteiger partial charge on any atom is -0.507 e. The van der Waals surface area contributed by atoms with Crippen LogP contribution in [0.4, 0.5) is 0 Å². The van der Waals surface area contributed by atoms with Crippen molar-refractivity contribution >= 4 is 11.5 Å². The lowest BCUT2D eigenvalue weighted by Gasteiger charge is -1.99. The van der Waals surface area contributed by atoms with Gasteiger partial charge in [0, 0.05) is 42.0 Å². The number of pyridine rings is 2. The maximum Gasteiger partial charge on any atom is 0.189 e. The van der Waals surface area contributed by atoms with Gasteiger partial charge in [-0.3, -0.25) is 14.8 Å². The van der Waals surface area contributed by atoms with Crippen molar-refractivity contribution in [3.63, 3.8) is 0 Å². The zero-order valence-electron chi connectivity index (χ0n) is 8.95. The predicted molar refractivity (Wildman–Crippen MR) is 63.4 cm³/mol. The Hall–Kier alpha value is -2.49. The van der Waals surface area contributed by atoms with Crippen molar-refractivity contribution in [2.75, 3.05) is 0 Å². The van der Waals surface area contributed by atoms with E-state index in [2.05, 4.69) is 9.97 Å². The van der Waals surface area contributed by atoms with Crippen LogP contribution in [0.3, 0.4) is 0 Å². The molecule has 2 rings (SSSR count). The van der Waals surface area contributed by atoms with Gasteiger partial charge in [-0.25, -0.2) is 0 Å². The Kier molecular flexibility index (Phi) is 3.25. The minimum atomic E-state index is -0.270. The first-order chi connectivity index (χ1) is 8.27. The van der Waals surface area contributed by atoms with Crippen molar-refractivity contribution in [1.29, 1.82) is 0 Å². The third kappa shape index (κ3) is 2.75. The highest BCUT2D eigenvalue weighted by Gasteiger charge is 2.05. The molecule has 4 heteroatoms. The molecule has 0 unspecified atom stereocenters. The second kappa shape index (κ2) is 5.03. The van der Waals surface area contributed by atoms with Crippen molar-refractivity contribution in [3.05, 3.63) is 66.3 Å². The lowest BCUT2D eigenvalue weighted by molar-refractivity contribution is 0.104. The van der Waals surface area contributed by atoms with Gasteiger partial charge in [0.15, 0.2) is 5.78 Å². The van der Waals surface area contributed by atoms with E-state index in [0.717, 1.165) is 0 Å². The molecular formula is C13H10N2O2. The summed E-state index contributed by atoms with van der Waals surface area (Å²) >= 11 is 0. The molecule has 0 amide bonds. The summed E-state index contributed by atoms with van der Waals surface area (Å²) in [5.74, 6) is -0.367. The molecule has 0 aliphatic carbocycles. The molecule has 0 radical (unpaired) electrons. The van der Waals surface area contributed by atoms with Crippen LogP contribution in [0.2, 0.25) is 0 Å². The Morgan fingerprint density at radius 1 is 1.06 bits per heavy atom. The molecule has 0 bridgehead atoms. The lowest BCUT2D eigenvalue weighted by atomic mass is 10.1. The number of aliphatic hydroxyl groups is 1. The predicted octanol–water partition coefficient (Wildman–Crippen LogP) is 2.26. The summed E-state index contributed by atoms with van der Waals surface area (Å²) in [6.45, 7) is 0. The molecule has 0 fully saturated rings. The van der Waals surface area contributed by atoms with Crippen LogP contribution in [0.5, 0.6) is 0 Å². The second-order valence-electron chi connectivity index (χ2n) is 3.37. The summed E-state index contributed by atoms with van der Waals surface area (Å²) in [6, 6.07) is 6.56. The van der Waals surface area contributed by atoms with Crippen LogP contribution >= 0.6 is 0 Å². The normalized spacial score (nSPS) is 11.2. The third-order valence-corrected chi connectivity index (χ3v) is 2.19. The zero-order chi connectivity index (χ0) is 12.1. The summed E-state index contributed by atoms with van der Waals surface area (Å²) in [7, 11) is 0. The van der Waals surface area contributed by atoms with Crippen LogP contribution in [0, 0.1) is 0 Å². The van der Waals surface area contributed by atoms with E-state index in [1.165, 1.54) is 24.7 Å². The van der Waals surface area contributed by atoms with Gasteiger partial charge in [-0.1, -0.05) is 0 Å². The first-order valence-electron chi connectivity index (χ1n) is 5.03. The number of aromatic nitrogens is 2. The van der Waals surface area contributed by atoms with E-state index in [9.17, 15) is 9.90 Å². The van der Waals surface area contributed by atoms with Gasteiger partial charge in [0.25, 0.3) is 0 Å². The van der Waals surface area contributed by atoms with E-state index in [-0.39, 0.29) is 11.5 Å². The van der Waals surface area contributed by atoms with Gasteiger partial charge in [-0.05, 0) is 24.3 Å². The zero-order valence-corrected chi connectivity index (χ0v) is 8.95. The molecule has 0 aliphatic heterocycles. The Labute approximate surface area is 98.3 Å². The molecule has 2 aromatic rings. The third-order valence-electron chi connectivity index (χ3n) is 2.19. The van der Waals surface area contributed by atoms with Crippen LogP contribution < -0.4 is 0 Å². The summed E-state index contributed by atoms with van der Waals surface area (Å²) < 4.78 is 0. The summed E-state index contributed by atoms with van der Waals surface area (Å²) in [6.07, 6.45) is 7.32. The Morgan fingerprint density at radius 2 is 1.82 bits per heavy atom. The van der Waals surface area contributed by atoms with Gasteiger partial charge < -0.3 is 5.11 Å². The highest BCUT2D eigenvalue weighted by atomic mass is 16.3. The van der Waals surface area contributed by atoms with Gasteiger partial charge in [0.2, 0.25) is 0 Å². The molecule has 0 aliphatic rings.